The van der Waals surface area contributed by atoms with Gasteiger partial charge in [-0.15, -0.1) is 0 Å². The highest BCUT2D eigenvalue weighted by Crippen LogP contribution is 2.26. The highest BCUT2D eigenvalue weighted by atomic mass is 16.5. The molecule has 1 atom stereocenters. The van der Waals surface area contributed by atoms with Gasteiger partial charge in [-0.1, -0.05) is 12.1 Å². The largest absolute Gasteiger partial charge is 0.497 e. The molecule has 1 aliphatic rings. The fraction of sp³-hybridized carbons (Fsp3) is 0.346. The lowest BCUT2D eigenvalue weighted by Crippen LogP contribution is -2.43. The number of carbonyl (C=O) groups is 1. The van der Waals surface area contributed by atoms with Crippen molar-refractivity contribution in [2.75, 3.05) is 38.8 Å². The molecule has 1 saturated heterocycles. The van der Waals surface area contributed by atoms with Crippen LogP contribution in [0.2, 0.25) is 0 Å². The maximum absolute atomic E-state index is 12.8. The van der Waals surface area contributed by atoms with E-state index >= 15 is 0 Å². The van der Waals surface area contributed by atoms with E-state index in [1.165, 1.54) is 5.56 Å². The number of rotatable bonds is 8. The van der Waals surface area contributed by atoms with Gasteiger partial charge in [0.25, 0.3) is 0 Å². The van der Waals surface area contributed by atoms with Crippen LogP contribution in [0.5, 0.6) is 11.5 Å². The monoisotopic (exact) mass is 446 g/mol. The fourth-order valence-corrected chi connectivity index (χ4v) is 4.11. The van der Waals surface area contributed by atoms with Crippen molar-refractivity contribution in [3.63, 3.8) is 0 Å². The average molecular weight is 447 g/mol. The smallest absolute Gasteiger partial charge is 0.224 e. The van der Waals surface area contributed by atoms with Crippen molar-refractivity contribution < 1.29 is 14.3 Å². The first-order valence-corrected chi connectivity index (χ1v) is 11.3. The predicted molar refractivity (Wildman–Crippen MR) is 129 cm³/mol. The molecule has 0 saturated carbocycles. The number of methoxy groups -OCH3 is 2. The van der Waals surface area contributed by atoms with E-state index in [1.54, 1.807) is 20.5 Å². The maximum Gasteiger partial charge on any atom is 0.224 e. The van der Waals surface area contributed by atoms with Crippen molar-refractivity contribution in [1.29, 1.82) is 0 Å². The van der Waals surface area contributed by atoms with E-state index in [-0.39, 0.29) is 11.8 Å². The quantitative estimate of drug-likeness (QED) is 0.568. The molecule has 1 unspecified atom stereocenters. The summed E-state index contributed by atoms with van der Waals surface area (Å²) in [6, 6.07) is 17.8. The third kappa shape index (κ3) is 5.80. The van der Waals surface area contributed by atoms with Crippen LogP contribution in [0, 0.1) is 5.92 Å². The molecule has 3 aromatic rings. The zero-order valence-corrected chi connectivity index (χ0v) is 19.2. The Morgan fingerprint density at radius 1 is 1.03 bits per heavy atom. The molecule has 1 aromatic heterocycles. The second-order valence-corrected chi connectivity index (χ2v) is 8.16. The Kier molecular flexibility index (Phi) is 7.40. The van der Waals surface area contributed by atoms with Gasteiger partial charge in [-0.25, -0.2) is 9.97 Å². The SMILES string of the molecule is COc1ccc(CCNC(=O)C2CCCN(c3cc(-c4ccc(OC)cc4)ncn3)C2)cc1. The summed E-state index contributed by atoms with van der Waals surface area (Å²) >= 11 is 0. The molecule has 172 valence electrons. The normalized spacial score (nSPS) is 15.7. The lowest BCUT2D eigenvalue weighted by Gasteiger charge is -2.33. The van der Waals surface area contributed by atoms with Gasteiger partial charge in [0, 0.05) is 31.3 Å². The summed E-state index contributed by atoms with van der Waals surface area (Å²) in [4.78, 5) is 23.9. The Balaban J connectivity index is 1.34. The molecule has 2 heterocycles. The number of amides is 1. The molecule has 2 aromatic carbocycles. The standard InChI is InChI=1S/C26H30N4O3/c1-32-22-9-5-19(6-10-22)13-14-27-26(31)21-4-3-15-30(17-21)25-16-24(28-18-29-25)20-7-11-23(33-2)12-8-20/h5-12,16,18,21H,3-4,13-15,17H2,1-2H3,(H,27,31). The number of nitrogens with one attached hydrogen (secondary N) is 1. The van der Waals surface area contributed by atoms with Crippen molar-refractivity contribution in [3.05, 3.63) is 66.5 Å². The topological polar surface area (TPSA) is 76.6 Å². The van der Waals surface area contributed by atoms with Gasteiger partial charge in [-0.3, -0.25) is 4.79 Å². The molecule has 1 amide bonds. The molecule has 0 radical (unpaired) electrons. The first-order valence-electron chi connectivity index (χ1n) is 11.3. The number of benzene rings is 2. The van der Waals surface area contributed by atoms with E-state index in [1.807, 2.05) is 54.6 Å². The molecule has 0 aliphatic carbocycles. The summed E-state index contributed by atoms with van der Waals surface area (Å²) < 4.78 is 10.4. The first kappa shape index (κ1) is 22.6. The van der Waals surface area contributed by atoms with Crippen LogP contribution in [0.3, 0.4) is 0 Å². The minimum absolute atomic E-state index is 0.0472. The summed E-state index contributed by atoms with van der Waals surface area (Å²) in [5, 5.41) is 3.11. The third-order valence-electron chi connectivity index (χ3n) is 6.03. The fourth-order valence-electron chi connectivity index (χ4n) is 4.11. The number of hydrogen-bond acceptors (Lipinski definition) is 6. The molecule has 0 bridgehead atoms. The van der Waals surface area contributed by atoms with Gasteiger partial charge >= 0.3 is 0 Å². The van der Waals surface area contributed by atoms with Crippen LogP contribution < -0.4 is 19.7 Å². The van der Waals surface area contributed by atoms with E-state index in [0.717, 1.165) is 54.4 Å². The Morgan fingerprint density at radius 3 is 2.42 bits per heavy atom. The molecule has 33 heavy (non-hydrogen) atoms. The highest BCUT2D eigenvalue weighted by Gasteiger charge is 2.26. The number of carbonyl (C=O) groups excluding carboxylic acids is 1. The highest BCUT2D eigenvalue weighted by molar-refractivity contribution is 5.79. The number of ether oxygens (including phenoxy) is 2. The van der Waals surface area contributed by atoms with Gasteiger partial charge in [0.15, 0.2) is 0 Å². The summed E-state index contributed by atoms with van der Waals surface area (Å²) in [6.07, 6.45) is 4.23. The molecule has 1 aliphatic heterocycles. The van der Waals surface area contributed by atoms with Crippen molar-refractivity contribution in [2.45, 2.75) is 19.3 Å². The van der Waals surface area contributed by atoms with E-state index in [9.17, 15) is 4.79 Å². The Morgan fingerprint density at radius 2 is 1.73 bits per heavy atom. The lowest BCUT2D eigenvalue weighted by molar-refractivity contribution is -0.125. The lowest BCUT2D eigenvalue weighted by atomic mass is 9.97. The van der Waals surface area contributed by atoms with Crippen LogP contribution in [0.4, 0.5) is 5.82 Å². The van der Waals surface area contributed by atoms with E-state index in [4.69, 9.17) is 9.47 Å². The summed E-state index contributed by atoms with van der Waals surface area (Å²) in [7, 11) is 3.31. The second-order valence-electron chi connectivity index (χ2n) is 8.16. The van der Waals surface area contributed by atoms with Gasteiger partial charge in [-0.2, -0.15) is 0 Å². The van der Waals surface area contributed by atoms with Gasteiger partial charge < -0.3 is 19.7 Å². The van der Waals surface area contributed by atoms with Crippen molar-refractivity contribution >= 4 is 11.7 Å². The Bertz CT molecular complexity index is 1050. The van der Waals surface area contributed by atoms with Gasteiger partial charge in [0.05, 0.1) is 25.8 Å². The van der Waals surface area contributed by atoms with Crippen LogP contribution in [0.1, 0.15) is 18.4 Å². The van der Waals surface area contributed by atoms with Crippen molar-refractivity contribution in [1.82, 2.24) is 15.3 Å². The average Bonchev–Trinajstić information content (AvgIpc) is 2.89. The molecule has 4 rings (SSSR count). The molecule has 0 spiro atoms. The number of hydrogen-bond donors (Lipinski definition) is 1. The summed E-state index contributed by atoms with van der Waals surface area (Å²) in [6.45, 7) is 2.17. The molecule has 1 N–H and O–H groups in total. The van der Waals surface area contributed by atoms with Crippen LogP contribution in [0.15, 0.2) is 60.9 Å². The third-order valence-corrected chi connectivity index (χ3v) is 6.03. The van der Waals surface area contributed by atoms with Crippen molar-refractivity contribution in [2.24, 2.45) is 5.92 Å². The minimum Gasteiger partial charge on any atom is -0.497 e. The number of nitrogens with zero attached hydrogens (tertiary/aromatic N) is 3. The Hall–Kier alpha value is -3.61. The Labute approximate surface area is 194 Å². The number of piperidine rings is 1. The van der Waals surface area contributed by atoms with E-state index in [2.05, 4.69) is 20.2 Å². The van der Waals surface area contributed by atoms with Crippen LogP contribution in [0.25, 0.3) is 11.3 Å². The molecule has 7 heteroatoms. The number of anilines is 1. The molecule has 7 nitrogen and oxygen atoms in total. The maximum atomic E-state index is 12.8. The van der Waals surface area contributed by atoms with E-state index in [0.29, 0.717) is 13.1 Å². The summed E-state index contributed by atoms with van der Waals surface area (Å²) in [5.74, 6) is 2.56. The number of aromatic nitrogens is 2. The molecule has 1 fully saturated rings. The summed E-state index contributed by atoms with van der Waals surface area (Å²) in [5.41, 5.74) is 3.03. The first-order chi connectivity index (χ1) is 16.2. The zero-order chi connectivity index (χ0) is 23.0. The van der Waals surface area contributed by atoms with Gasteiger partial charge in [0.1, 0.15) is 23.6 Å². The second kappa shape index (κ2) is 10.8. The molecular formula is C26H30N4O3. The zero-order valence-electron chi connectivity index (χ0n) is 19.2. The van der Waals surface area contributed by atoms with Crippen LogP contribution in [-0.2, 0) is 11.2 Å². The minimum atomic E-state index is -0.0472. The van der Waals surface area contributed by atoms with Gasteiger partial charge in [-0.05, 0) is 61.2 Å². The van der Waals surface area contributed by atoms with Gasteiger partial charge in [0.2, 0.25) is 5.91 Å². The molecular weight excluding hydrogens is 416 g/mol. The van der Waals surface area contributed by atoms with Crippen molar-refractivity contribution in [3.8, 4) is 22.8 Å². The predicted octanol–water partition coefficient (Wildman–Crippen LogP) is 3.74. The van der Waals surface area contributed by atoms with E-state index < -0.39 is 0 Å². The van der Waals surface area contributed by atoms with Crippen LogP contribution >= 0.6 is 0 Å². The van der Waals surface area contributed by atoms with Crippen LogP contribution in [-0.4, -0.2) is 49.7 Å².